The number of carbonyl (C=O) groups is 1. The van der Waals surface area contributed by atoms with E-state index in [0.717, 1.165) is 17.3 Å². The highest BCUT2D eigenvalue weighted by Gasteiger charge is 2.39. The van der Waals surface area contributed by atoms with Gasteiger partial charge in [0.25, 0.3) is 0 Å². The highest BCUT2D eigenvalue weighted by atomic mass is 32.2. The minimum atomic E-state index is -3.09. The lowest BCUT2D eigenvalue weighted by atomic mass is 10.0. The largest absolute Gasteiger partial charge is 0.349 e. The number of nitrogens with one attached hydrogen (secondary N) is 2. The number of thioether (sulfide) groups is 1. The van der Waals surface area contributed by atoms with E-state index < -0.39 is 15.4 Å². The number of amides is 1. The summed E-state index contributed by atoms with van der Waals surface area (Å²) in [5.41, 5.74) is 0.0621. The van der Waals surface area contributed by atoms with Crippen LogP contribution in [0.5, 0.6) is 0 Å². The number of H-pyrrole nitrogens is 1. The molecule has 1 amide bonds. The maximum Gasteiger partial charge on any atom is 0.343 e. The van der Waals surface area contributed by atoms with Crippen molar-refractivity contribution in [3.8, 4) is 0 Å². The molecule has 1 saturated heterocycles. The van der Waals surface area contributed by atoms with Crippen molar-refractivity contribution in [2.24, 2.45) is 0 Å². The summed E-state index contributed by atoms with van der Waals surface area (Å²) in [6.45, 7) is 2.20. The first-order valence-electron chi connectivity index (χ1n) is 8.60. The Hall–Kier alpha value is -2.07. The zero-order valence-corrected chi connectivity index (χ0v) is 16.6. The molecule has 0 unspecified atom stereocenters. The minimum Gasteiger partial charge on any atom is -0.349 e. The van der Waals surface area contributed by atoms with Crippen LogP contribution < -0.4 is 11.0 Å². The predicted octanol–water partition coefficient (Wildman–Crippen LogP) is 0.600. The number of hydrogen-bond donors (Lipinski definition) is 2. The van der Waals surface area contributed by atoms with E-state index >= 15 is 0 Å². The molecule has 146 valence electrons. The van der Waals surface area contributed by atoms with E-state index in [-0.39, 0.29) is 28.9 Å². The average Bonchev–Trinajstić information content (AvgIpc) is 3.10. The SMILES string of the molecule is C[C@@]1(NC(=O)CSc2n[nH]c(=O)n2CCc2ccccc2)CCS(=O)(=O)C1. The number of nitrogens with zero attached hydrogens (tertiary/aromatic N) is 2. The quantitative estimate of drug-likeness (QED) is 0.646. The number of aromatic amines is 1. The van der Waals surface area contributed by atoms with E-state index in [1.165, 1.54) is 4.57 Å². The molecule has 2 aromatic rings. The molecule has 27 heavy (non-hydrogen) atoms. The summed E-state index contributed by atoms with van der Waals surface area (Å²) in [6, 6.07) is 9.79. The van der Waals surface area contributed by atoms with Crippen LogP contribution in [0.3, 0.4) is 0 Å². The monoisotopic (exact) mass is 410 g/mol. The molecular weight excluding hydrogens is 388 g/mol. The lowest BCUT2D eigenvalue weighted by molar-refractivity contribution is -0.120. The molecule has 0 radical (unpaired) electrons. The average molecular weight is 411 g/mol. The zero-order chi connectivity index (χ0) is 19.5. The van der Waals surface area contributed by atoms with Gasteiger partial charge in [-0.1, -0.05) is 42.1 Å². The van der Waals surface area contributed by atoms with Crippen LogP contribution in [0.4, 0.5) is 0 Å². The second kappa shape index (κ2) is 7.89. The molecule has 1 aromatic carbocycles. The highest BCUT2D eigenvalue weighted by Crippen LogP contribution is 2.23. The smallest absolute Gasteiger partial charge is 0.343 e. The first-order valence-corrected chi connectivity index (χ1v) is 11.4. The minimum absolute atomic E-state index is 0.0411. The summed E-state index contributed by atoms with van der Waals surface area (Å²) < 4.78 is 24.8. The second-order valence-corrected chi connectivity index (χ2v) is 10.1. The van der Waals surface area contributed by atoms with Gasteiger partial charge in [-0.25, -0.2) is 18.3 Å². The Labute approximate surface area is 161 Å². The normalized spacial score (nSPS) is 21.2. The highest BCUT2D eigenvalue weighted by molar-refractivity contribution is 7.99. The lowest BCUT2D eigenvalue weighted by Crippen LogP contribution is -2.47. The van der Waals surface area contributed by atoms with Crippen LogP contribution in [-0.2, 0) is 27.6 Å². The van der Waals surface area contributed by atoms with Crippen LogP contribution in [0.25, 0.3) is 0 Å². The molecular formula is C17H22N4O4S2. The molecule has 1 aromatic heterocycles. The van der Waals surface area contributed by atoms with Crippen molar-refractivity contribution in [2.75, 3.05) is 17.3 Å². The third kappa shape index (κ3) is 5.23. The van der Waals surface area contributed by atoms with Gasteiger partial charge in [-0.3, -0.25) is 9.36 Å². The van der Waals surface area contributed by atoms with Gasteiger partial charge in [0.15, 0.2) is 15.0 Å². The molecule has 2 N–H and O–H groups in total. The van der Waals surface area contributed by atoms with E-state index in [9.17, 15) is 18.0 Å². The first-order chi connectivity index (χ1) is 12.8. The molecule has 2 heterocycles. The van der Waals surface area contributed by atoms with Crippen molar-refractivity contribution in [1.29, 1.82) is 0 Å². The summed E-state index contributed by atoms with van der Waals surface area (Å²) in [5.74, 6) is -0.161. The van der Waals surface area contributed by atoms with Crippen molar-refractivity contribution in [1.82, 2.24) is 20.1 Å². The van der Waals surface area contributed by atoms with Crippen molar-refractivity contribution in [3.63, 3.8) is 0 Å². The van der Waals surface area contributed by atoms with Gasteiger partial charge < -0.3 is 5.32 Å². The van der Waals surface area contributed by atoms with Gasteiger partial charge in [0.1, 0.15) is 0 Å². The van der Waals surface area contributed by atoms with Crippen LogP contribution in [0.1, 0.15) is 18.9 Å². The standard InChI is InChI=1S/C17H22N4O4S2/c1-17(8-10-27(24,25)12-17)18-14(22)11-26-16-20-19-15(23)21(16)9-7-13-5-3-2-4-6-13/h2-6H,7-12H2,1H3,(H,18,22)(H,19,23)/t17-/m1/s1. The Balaban J connectivity index is 1.57. The number of carbonyl (C=O) groups excluding carboxylic acids is 1. The second-order valence-electron chi connectivity index (χ2n) is 6.94. The summed E-state index contributed by atoms with van der Waals surface area (Å²) in [5, 5.41) is 9.64. The number of hydrogen-bond acceptors (Lipinski definition) is 6. The van der Waals surface area contributed by atoms with Crippen molar-refractivity contribution in [2.45, 2.75) is 37.0 Å². The van der Waals surface area contributed by atoms with Crippen LogP contribution >= 0.6 is 11.8 Å². The molecule has 3 rings (SSSR count). The fourth-order valence-electron chi connectivity index (χ4n) is 3.11. The summed E-state index contributed by atoms with van der Waals surface area (Å²) in [7, 11) is -3.09. The van der Waals surface area contributed by atoms with Gasteiger partial charge in [-0.2, -0.15) is 0 Å². The van der Waals surface area contributed by atoms with E-state index in [4.69, 9.17) is 0 Å². The van der Waals surface area contributed by atoms with Gasteiger partial charge >= 0.3 is 5.69 Å². The molecule has 8 nitrogen and oxygen atoms in total. The number of benzene rings is 1. The number of aromatic nitrogens is 3. The first kappa shape index (κ1) is 19.7. The fourth-order valence-corrected chi connectivity index (χ4v) is 5.97. The maximum absolute atomic E-state index is 12.2. The Bertz CT molecular complexity index is 968. The van der Waals surface area contributed by atoms with Gasteiger partial charge in [0, 0.05) is 6.54 Å². The van der Waals surface area contributed by atoms with Gasteiger partial charge in [-0.15, -0.1) is 5.10 Å². The summed E-state index contributed by atoms with van der Waals surface area (Å²) in [4.78, 5) is 24.2. The van der Waals surface area contributed by atoms with E-state index in [1.807, 2.05) is 30.3 Å². The summed E-state index contributed by atoms with van der Waals surface area (Å²) >= 11 is 1.15. The number of rotatable bonds is 7. The van der Waals surface area contributed by atoms with Gasteiger partial charge in [-0.05, 0) is 25.3 Å². The Morgan fingerprint density at radius 2 is 2.11 bits per heavy atom. The molecule has 0 aliphatic carbocycles. The number of sulfone groups is 1. The van der Waals surface area contributed by atoms with Crippen LogP contribution in [-0.4, -0.2) is 51.9 Å². The van der Waals surface area contributed by atoms with Crippen LogP contribution in [0.15, 0.2) is 40.3 Å². The molecule has 0 saturated carbocycles. The molecule has 0 bridgehead atoms. The summed E-state index contributed by atoms with van der Waals surface area (Å²) in [6.07, 6.45) is 1.09. The van der Waals surface area contributed by atoms with Crippen LogP contribution in [0.2, 0.25) is 0 Å². The van der Waals surface area contributed by atoms with Crippen molar-refractivity contribution >= 4 is 27.5 Å². The maximum atomic E-state index is 12.2. The molecule has 0 spiro atoms. The Morgan fingerprint density at radius 3 is 2.78 bits per heavy atom. The predicted molar refractivity (Wildman–Crippen MR) is 104 cm³/mol. The molecule has 1 aliphatic rings. The van der Waals surface area contributed by atoms with Gasteiger partial charge in [0.05, 0.1) is 22.8 Å². The topological polar surface area (TPSA) is 114 Å². The van der Waals surface area contributed by atoms with Gasteiger partial charge in [0.2, 0.25) is 5.91 Å². The fraction of sp³-hybridized carbons (Fsp3) is 0.471. The zero-order valence-electron chi connectivity index (χ0n) is 15.0. The molecule has 1 atom stereocenters. The Morgan fingerprint density at radius 1 is 1.37 bits per heavy atom. The number of aryl methyl sites for hydroxylation is 1. The van der Waals surface area contributed by atoms with E-state index in [0.29, 0.717) is 24.5 Å². The molecule has 1 aliphatic heterocycles. The van der Waals surface area contributed by atoms with E-state index in [2.05, 4.69) is 15.5 Å². The molecule has 1 fully saturated rings. The molecule has 10 heteroatoms. The Kier molecular flexibility index (Phi) is 5.75. The van der Waals surface area contributed by atoms with Crippen molar-refractivity contribution < 1.29 is 13.2 Å². The third-order valence-electron chi connectivity index (χ3n) is 4.47. The van der Waals surface area contributed by atoms with Crippen LogP contribution in [0, 0.1) is 0 Å². The lowest BCUT2D eigenvalue weighted by Gasteiger charge is -2.23. The van der Waals surface area contributed by atoms with Crippen molar-refractivity contribution in [3.05, 3.63) is 46.4 Å². The third-order valence-corrected chi connectivity index (χ3v) is 7.35. The van der Waals surface area contributed by atoms with E-state index in [1.54, 1.807) is 6.92 Å².